The van der Waals surface area contributed by atoms with Crippen LogP contribution in [-0.4, -0.2) is 68.1 Å². The van der Waals surface area contributed by atoms with Crippen molar-refractivity contribution in [2.75, 3.05) is 40.0 Å². The third-order valence-corrected chi connectivity index (χ3v) is 8.83. The molecule has 2 amide bonds. The monoisotopic (exact) mass is 517 g/mol. The van der Waals surface area contributed by atoms with Crippen molar-refractivity contribution in [1.82, 2.24) is 10.2 Å². The topological polar surface area (TPSA) is 97.1 Å². The van der Waals surface area contributed by atoms with Crippen molar-refractivity contribution >= 4 is 27.5 Å². The quantitative estimate of drug-likeness (QED) is 0.378. The number of benzene rings is 1. The van der Waals surface area contributed by atoms with Gasteiger partial charge in [0.05, 0.1) is 13.2 Å². The molecule has 2 fully saturated rings. The summed E-state index contributed by atoms with van der Waals surface area (Å²) in [6.07, 6.45) is 9.10. The minimum Gasteiger partial charge on any atom is -0.385 e. The van der Waals surface area contributed by atoms with Crippen LogP contribution in [0.15, 0.2) is 29.6 Å². The van der Waals surface area contributed by atoms with Gasteiger partial charge in [-0.05, 0) is 48.4 Å². The number of carbonyl (C=O) groups excluding carboxylic acids is 1. The molecule has 1 aromatic carbocycles. The smallest absolute Gasteiger partial charge is 0.317 e. The van der Waals surface area contributed by atoms with Crippen molar-refractivity contribution < 1.29 is 19.4 Å². The van der Waals surface area contributed by atoms with E-state index in [1.807, 2.05) is 12.1 Å². The van der Waals surface area contributed by atoms with Gasteiger partial charge in [0.15, 0.2) is 0 Å². The number of morpholine rings is 1. The maximum absolute atomic E-state index is 13.1. The SMILES string of the molecule is COCCCC[C@](O)(c1cccc2ccsc12)[C@@H]1CN(C(=O)NC[C@H](N)CC2CCCCC2)CCO1. The molecule has 200 valence electrons. The van der Waals surface area contributed by atoms with E-state index < -0.39 is 11.7 Å². The predicted molar refractivity (Wildman–Crippen MR) is 145 cm³/mol. The van der Waals surface area contributed by atoms with E-state index in [1.54, 1.807) is 23.3 Å². The van der Waals surface area contributed by atoms with Gasteiger partial charge in [-0.1, -0.05) is 50.3 Å². The lowest BCUT2D eigenvalue weighted by molar-refractivity contribution is -0.145. The number of nitrogens with one attached hydrogen (secondary N) is 1. The van der Waals surface area contributed by atoms with E-state index >= 15 is 0 Å². The first kappa shape index (κ1) is 27.3. The molecule has 8 heteroatoms. The Morgan fingerprint density at radius 3 is 2.94 bits per heavy atom. The highest BCUT2D eigenvalue weighted by atomic mass is 32.1. The average Bonchev–Trinajstić information content (AvgIpc) is 3.39. The number of nitrogens with zero attached hydrogens (tertiary/aromatic N) is 1. The summed E-state index contributed by atoms with van der Waals surface area (Å²) in [5.41, 5.74) is 6.05. The summed E-state index contributed by atoms with van der Waals surface area (Å²) in [4.78, 5) is 14.9. The van der Waals surface area contributed by atoms with E-state index in [0.717, 1.165) is 34.9 Å². The number of amides is 2. The van der Waals surface area contributed by atoms with E-state index in [9.17, 15) is 9.90 Å². The average molecular weight is 518 g/mol. The summed E-state index contributed by atoms with van der Waals surface area (Å²) in [7, 11) is 1.69. The third kappa shape index (κ3) is 6.78. The fraction of sp³-hybridized carbons (Fsp3) is 0.679. The molecule has 4 rings (SSSR count). The third-order valence-electron chi connectivity index (χ3n) is 7.86. The molecule has 1 aliphatic carbocycles. The number of unbranched alkanes of at least 4 members (excludes halogenated alkanes) is 1. The molecule has 0 radical (unpaired) electrons. The van der Waals surface area contributed by atoms with Crippen molar-refractivity contribution in [2.24, 2.45) is 11.7 Å². The highest BCUT2D eigenvalue weighted by Crippen LogP contribution is 2.40. The molecule has 0 bridgehead atoms. The normalized spacial score (nSPS) is 21.9. The molecule has 4 N–H and O–H groups in total. The second-order valence-electron chi connectivity index (χ2n) is 10.5. The van der Waals surface area contributed by atoms with Gasteiger partial charge in [-0.15, -0.1) is 11.3 Å². The predicted octanol–water partition coefficient (Wildman–Crippen LogP) is 4.61. The molecule has 36 heavy (non-hydrogen) atoms. The molecule has 2 heterocycles. The lowest BCUT2D eigenvalue weighted by atomic mass is 9.82. The Morgan fingerprint density at radius 2 is 2.14 bits per heavy atom. The number of nitrogens with two attached hydrogens (primary N) is 1. The van der Waals surface area contributed by atoms with Crippen LogP contribution in [0.4, 0.5) is 4.79 Å². The minimum absolute atomic E-state index is 0.0250. The van der Waals surface area contributed by atoms with Crippen molar-refractivity contribution in [2.45, 2.75) is 75.5 Å². The summed E-state index contributed by atoms with van der Waals surface area (Å²) < 4.78 is 12.5. The molecule has 2 aromatic rings. The Balaban J connectivity index is 1.41. The zero-order valence-electron chi connectivity index (χ0n) is 21.6. The number of ether oxygens (including phenoxy) is 2. The van der Waals surface area contributed by atoms with E-state index in [0.29, 0.717) is 45.2 Å². The second-order valence-corrected chi connectivity index (χ2v) is 11.4. The zero-order chi connectivity index (χ0) is 25.4. The number of thiophene rings is 1. The molecule has 3 atom stereocenters. The molecule has 1 saturated carbocycles. The van der Waals surface area contributed by atoms with Crippen LogP contribution >= 0.6 is 11.3 Å². The van der Waals surface area contributed by atoms with E-state index in [2.05, 4.69) is 22.8 Å². The van der Waals surface area contributed by atoms with Gasteiger partial charge in [0.25, 0.3) is 0 Å². The summed E-state index contributed by atoms with van der Waals surface area (Å²) in [6, 6.07) is 7.99. The van der Waals surface area contributed by atoms with Gasteiger partial charge < -0.3 is 30.5 Å². The van der Waals surface area contributed by atoms with Crippen molar-refractivity contribution in [1.29, 1.82) is 0 Å². The van der Waals surface area contributed by atoms with Crippen LogP contribution in [0.1, 0.15) is 63.4 Å². The van der Waals surface area contributed by atoms with E-state index in [-0.39, 0.29) is 12.1 Å². The van der Waals surface area contributed by atoms with Gasteiger partial charge in [0.1, 0.15) is 11.7 Å². The summed E-state index contributed by atoms with van der Waals surface area (Å²) >= 11 is 1.63. The Hall–Kier alpha value is -1.71. The Kier molecular flexibility index (Phi) is 10.0. The molecule has 2 aliphatic rings. The van der Waals surface area contributed by atoms with Crippen LogP contribution in [0.25, 0.3) is 10.1 Å². The second kappa shape index (κ2) is 13.2. The number of hydrogen-bond donors (Lipinski definition) is 3. The van der Waals surface area contributed by atoms with Crippen LogP contribution < -0.4 is 11.1 Å². The molecule has 1 saturated heterocycles. The Bertz CT molecular complexity index is 963. The zero-order valence-corrected chi connectivity index (χ0v) is 22.4. The lowest BCUT2D eigenvalue weighted by Gasteiger charge is -2.42. The van der Waals surface area contributed by atoms with E-state index in [4.69, 9.17) is 15.2 Å². The summed E-state index contributed by atoms with van der Waals surface area (Å²) in [5.74, 6) is 0.687. The fourth-order valence-electron chi connectivity index (χ4n) is 5.83. The number of rotatable bonds is 11. The molecular formula is C28H43N3O4S. The minimum atomic E-state index is -1.20. The number of methoxy groups -OCH3 is 1. The molecular weight excluding hydrogens is 474 g/mol. The molecule has 1 aromatic heterocycles. The fourth-order valence-corrected chi connectivity index (χ4v) is 6.83. The molecule has 0 unspecified atom stereocenters. The first-order valence-corrected chi connectivity index (χ1v) is 14.5. The maximum Gasteiger partial charge on any atom is 0.317 e. The largest absolute Gasteiger partial charge is 0.385 e. The number of fused-ring (bicyclic) bond motifs is 1. The van der Waals surface area contributed by atoms with Gasteiger partial charge in [0, 0.05) is 43.1 Å². The first-order valence-electron chi connectivity index (χ1n) is 13.6. The van der Waals surface area contributed by atoms with Crippen molar-refractivity contribution in [3.63, 3.8) is 0 Å². The number of aliphatic hydroxyl groups is 1. The van der Waals surface area contributed by atoms with Crippen LogP contribution in [-0.2, 0) is 15.1 Å². The van der Waals surface area contributed by atoms with Gasteiger partial charge in [-0.3, -0.25) is 0 Å². The molecule has 0 spiro atoms. The lowest BCUT2D eigenvalue weighted by Crippen LogP contribution is -2.57. The summed E-state index contributed by atoms with van der Waals surface area (Å²) in [6.45, 7) is 2.37. The standard InChI is InChI=1S/C28H43N3O4S/c1-34-15-6-5-13-28(33,24-11-7-10-22-12-17-36-26(22)24)25-20-31(14-16-35-25)27(32)30-19-23(29)18-21-8-3-2-4-9-21/h7,10-12,17,21,23,25,33H,2-6,8-9,13-16,18-20,29H2,1H3,(H,30,32)/t23-,25+,28+/m1/s1. The Morgan fingerprint density at radius 1 is 1.31 bits per heavy atom. The van der Waals surface area contributed by atoms with Crippen LogP contribution in [0.5, 0.6) is 0 Å². The van der Waals surface area contributed by atoms with E-state index in [1.165, 1.54) is 32.1 Å². The van der Waals surface area contributed by atoms with Gasteiger partial charge in [-0.25, -0.2) is 4.79 Å². The number of hydrogen-bond acceptors (Lipinski definition) is 6. The Labute approximate surface area is 219 Å². The van der Waals surface area contributed by atoms with Crippen LogP contribution in [0.3, 0.4) is 0 Å². The maximum atomic E-state index is 13.1. The van der Waals surface area contributed by atoms with Gasteiger partial charge in [-0.2, -0.15) is 0 Å². The highest BCUT2D eigenvalue weighted by Gasteiger charge is 2.43. The number of carbonyl (C=O) groups is 1. The number of urea groups is 1. The van der Waals surface area contributed by atoms with Crippen molar-refractivity contribution in [3.8, 4) is 0 Å². The van der Waals surface area contributed by atoms with Crippen LogP contribution in [0, 0.1) is 5.92 Å². The van der Waals surface area contributed by atoms with Crippen molar-refractivity contribution in [3.05, 3.63) is 35.2 Å². The summed E-state index contributed by atoms with van der Waals surface area (Å²) in [5, 5.41) is 18.4. The van der Waals surface area contributed by atoms with Gasteiger partial charge >= 0.3 is 6.03 Å². The van der Waals surface area contributed by atoms with Gasteiger partial charge in [0.2, 0.25) is 0 Å². The molecule has 1 aliphatic heterocycles. The first-order chi connectivity index (χ1) is 17.5. The highest BCUT2D eigenvalue weighted by molar-refractivity contribution is 7.17. The van der Waals surface area contributed by atoms with Crippen LogP contribution in [0.2, 0.25) is 0 Å². The molecule has 7 nitrogen and oxygen atoms in total.